The number of aliphatic hydroxyl groups excluding tert-OH is 1. The largest absolute Gasteiger partial charge is 0.396 e. The fourth-order valence-corrected chi connectivity index (χ4v) is 2.87. The van der Waals surface area contributed by atoms with Crippen molar-refractivity contribution in [3.05, 3.63) is 35.4 Å². The van der Waals surface area contributed by atoms with Gasteiger partial charge in [0.15, 0.2) is 0 Å². The number of carbonyl (C=O) groups is 1. The van der Waals surface area contributed by atoms with Crippen LogP contribution < -0.4 is 0 Å². The third kappa shape index (κ3) is 3.04. The van der Waals surface area contributed by atoms with Gasteiger partial charge in [-0.1, -0.05) is 26.0 Å². The van der Waals surface area contributed by atoms with Crippen molar-refractivity contribution in [2.24, 2.45) is 5.41 Å². The summed E-state index contributed by atoms with van der Waals surface area (Å²) in [7, 11) is 0. The van der Waals surface area contributed by atoms with E-state index in [0.717, 1.165) is 44.3 Å². The summed E-state index contributed by atoms with van der Waals surface area (Å²) >= 11 is 0. The highest BCUT2D eigenvalue weighted by Gasteiger charge is 2.34. The zero-order valence-corrected chi connectivity index (χ0v) is 12.6. The Morgan fingerprint density at radius 3 is 2.25 bits per heavy atom. The van der Waals surface area contributed by atoms with Crippen LogP contribution in [0, 0.1) is 5.41 Å². The predicted molar refractivity (Wildman–Crippen MR) is 80.8 cm³/mol. The molecule has 20 heavy (non-hydrogen) atoms. The molecule has 0 unspecified atom stereocenters. The first-order valence-electron chi connectivity index (χ1n) is 7.63. The van der Waals surface area contributed by atoms with Crippen molar-refractivity contribution in [1.29, 1.82) is 0 Å². The summed E-state index contributed by atoms with van der Waals surface area (Å²) in [5, 5.41) is 9.54. The first-order valence-corrected chi connectivity index (χ1v) is 7.63. The molecule has 1 heterocycles. The molecule has 1 fully saturated rings. The molecule has 1 N–H and O–H groups in total. The lowest BCUT2D eigenvalue weighted by molar-refractivity contribution is 0.0338. The zero-order valence-electron chi connectivity index (χ0n) is 12.6. The van der Waals surface area contributed by atoms with Gasteiger partial charge in [-0.05, 0) is 48.8 Å². The van der Waals surface area contributed by atoms with E-state index in [0.29, 0.717) is 0 Å². The summed E-state index contributed by atoms with van der Waals surface area (Å²) < 4.78 is 0. The van der Waals surface area contributed by atoms with Crippen LogP contribution in [0.5, 0.6) is 0 Å². The lowest BCUT2D eigenvalue weighted by Crippen LogP contribution is -2.44. The number of hydrogen-bond donors (Lipinski definition) is 1. The molecule has 1 aliphatic rings. The van der Waals surface area contributed by atoms with Crippen LogP contribution in [0.3, 0.4) is 0 Å². The summed E-state index contributed by atoms with van der Waals surface area (Å²) in [6, 6.07) is 7.91. The van der Waals surface area contributed by atoms with E-state index in [1.807, 2.05) is 29.2 Å². The number of piperidine rings is 1. The van der Waals surface area contributed by atoms with Crippen molar-refractivity contribution in [3.63, 3.8) is 0 Å². The monoisotopic (exact) mass is 275 g/mol. The minimum absolute atomic E-state index is 0.0306. The maximum atomic E-state index is 12.5. The number of carbonyl (C=O) groups excluding carboxylic acids is 1. The number of benzene rings is 1. The van der Waals surface area contributed by atoms with Gasteiger partial charge in [0, 0.05) is 25.3 Å². The number of aryl methyl sites for hydroxylation is 1. The quantitative estimate of drug-likeness (QED) is 0.918. The topological polar surface area (TPSA) is 40.5 Å². The van der Waals surface area contributed by atoms with Crippen LogP contribution in [0.1, 0.15) is 49.0 Å². The van der Waals surface area contributed by atoms with Gasteiger partial charge in [0.1, 0.15) is 0 Å². The second-order valence-electron chi connectivity index (χ2n) is 5.85. The molecule has 0 aliphatic carbocycles. The van der Waals surface area contributed by atoms with Gasteiger partial charge in [-0.2, -0.15) is 0 Å². The summed E-state index contributed by atoms with van der Waals surface area (Å²) in [4.78, 5) is 14.4. The van der Waals surface area contributed by atoms with E-state index in [1.54, 1.807) is 0 Å². The molecule has 110 valence electrons. The summed E-state index contributed by atoms with van der Waals surface area (Å²) in [5.74, 6) is 0.121. The minimum Gasteiger partial charge on any atom is -0.396 e. The highest BCUT2D eigenvalue weighted by molar-refractivity contribution is 5.94. The van der Waals surface area contributed by atoms with Gasteiger partial charge in [0.2, 0.25) is 0 Å². The molecular formula is C17H25NO2. The molecule has 0 saturated carbocycles. The summed E-state index contributed by atoms with van der Waals surface area (Å²) in [6.07, 6.45) is 3.78. The average Bonchev–Trinajstić information content (AvgIpc) is 2.54. The normalized spacial score (nSPS) is 18.1. The highest BCUT2D eigenvalue weighted by atomic mass is 16.3. The first kappa shape index (κ1) is 15.0. The molecule has 1 amide bonds. The second kappa shape index (κ2) is 6.40. The van der Waals surface area contributed by atoms with E-state index in [4.69, 9.17) is 0 Å². The Labute approximate surface area is 121 Å². The molecule has 0 bridgehead atoms. The molecule has 2 rings (SSSR count). The van der Waals surface area contributed by atoms with E-state index in [9.17, 15) is 9.90 Å². The number of amides is 1. The molecule has 0 atom stereocenters. The Bertz CT molecular complexity index is 439. The molecule has 1 aromatic carbocycles. The molecule has 0 aromatic heterocycles. The smallest absolute Gasteiger partial charge is 0.253 e. The second-order valence-corrected chi connectivity index (χ2v) is 5.85. The molecule has 1 aliphatic heterocycles. The SMILES string of the molecule is CCc1ccc(C(=O)N2CCC(CC)(CO)CC2)cc1. The molecule has 1 aromatic rings. The number of hydrogen-bond acceptors (Lipinski definition) is 2. The van der Waals surface area contributed by atoms with E-state index >= 15 is 0 Å². The molecule has 0 radical (unpaired) electrons. The summed E-state index contributed by atoms with van der Waals surface area (Å²) in [5.41, 5.74) is 2.06. The van der Waals surface area contributed by atoms with Crippen LogP contribution in [0.4, 0.5) is 0 Å². The Morgan fingerprint density at radius 2 is 1.80 bits per heavy atom. The first-order chi connectivity index (χ1) is 9.64. The van der Waals surface area contributed by atoms with E-state index in [2.05, 4.69) is 13.8 Å². The zero-order chi connectivity index (χ0) is 14.6. The van der Waals surface area contributed by atoms with Crippen molar-refractivity contribution >= 4 is 5.91 Å². The standard InChI is InChI=1S/C17H25NO2/c1-3-14-5-7-15(8-6-14)16(20)18-11-9-17(4-2,13-19)10-12-18/h5-8,19H,3-4,9-13H2,1-2H3. The molecule has 1 saturated heterocycles. The van der Waals surface area contributed by atoms with Crippen LogP contribution in [0.25, 0.3) is 0 Å². The Balaban J connectivity index is 2.00. The minimum atomic E-state index is 0.0306. The lowest BCUT2D eigenvalue weighted by atomic mass is 9.77. The van der Waals surface area contributed by atoms with Gasteiger partial charge >= 0.3 is 0 Å². The van der Waals surface area contributed by atoms with Crippen molar-refractivity contribution in [2.45, 2.75) is 39.5 Å². The van der Waals surface area contributed by atoms with Gasteiger partial charge < -0.3 is 10.0 Å². The maximum absolute atomic E-state index is 12.5. The number of likely N-dealkylation sites (tertiary alicyclic amines) is 1. The number of nitrogens with zero attached hydrogens (tertiary/aromatic N) is 1. The molecule has 3 heteroatoms. The van der Waals surface area contributed by atoms with Crippen LogP contribution in [0.2, 0.25) is 0 Å². The number of rotatable bonds is 4. The fourth-order valence-electron chi connectivity index (χ4n) is 2.87. The van der Waals surface area contributed by atoms with E-state index in [-0.39, 0.29) is 17.9 Å². The van der Waals surface area contributed by atoms with Gasteiger partial charge in [-0.3, -0.25) is 4.79 Å². The predicted octanol–water partition coefficient (Wildman–Crippen LogP) is 2.87. The van der Waals surface area contributed by atoms with Gasteiger partial charge in [-0.15, -0.1) is 0 Å². The maximum Gasteiger partial charge on any atom is 0.253 e. The third-order valence-electron chi connectivity index (χ3n) is 4.81. The van der Waals surface area contributed by atoms with Gasteiger partial charge in [-0.25, -0.2) is 0 Å². The Kier molecular flexibility index (Phi) is 4.81. The average molecular weight is 275 g/mol. The summed E-state index contributed by atoms with van der Waals surface area (Å²) in [6.45, 7) is 5.97. The van der Waals surface area contributed by atoms with Crippen molar-refractivity contribution < 1.29 is 9.90 Å². The number of aliphatic hydroxyl groups is 1. The van der Waals surface area contributed by atoms with Gasteiger partial charge in [0.25, 0.3) is 5.91 Å². The van der Waals surface area contributed by atoms with Crippen LogP contribution in [-0.2, 0) is 6.42 Å². The third-order valence-corrected chi connectivity index (χ3v) is 4.81. The van der Waals surface area contributed by atoms with E-state index < -0.39 is 0 Å². The van der Waals surface area contributed by atoms with Crippen molar-refractivity contribution in [3.8, 4) is 0 Å². The molecule has 0 spiro atoms. The van der Waals surface area contributed by atoms with Crippen LogP contribution in [-0.4, -0.2) is 35.6 Å². The fraction of sp³-hybridized carbons (Fsp3) is 0.588. The van der Waals surface area contributed by atoms with E-state index in [1.165, 1.54) is 5.56 Å². The Hall–Kier alpha value is -1.35. The van der Waals surface area contributed by atoms with Crippen LogP contribution >= 0.6 is 0 Å². The van der Waals surface area contributed by atoms with Crippen molar-refractivity contribution in [1.82, 2.24) is 4.90 Å². The Morgan fingerprint density at radius 1 is 1.20 bits per heavy atom. The molecular weight excluding hydrogens is 250 g/mol. The molecule has 3 nitrogen and oxygen atoms in total. The van der Waals surface area contributed by atoms with Crippen LogP contribution in [0.15, 0.2) is 24.3 Å². The van der Waals surface area contributed by atoms with Crippen molar-refractivity contribution in [2.75, 3.05) is 19.7 Å². The highest BCUT2D eigenvalue weighted by Crippen LogP contribution is 2.34. The van der Waals surface area contributed by atoms with Gasteiger partial charge in [0.05, 0.1) is 0 Å². The lowest BCUT2D eigenvalue weighted by Gasteiger charge is -2.40.